The minimum Gasteiger partial charge on any atom is -0.497 e. The van der Waals surface area contributed by atoms with Gasteiger partial charge in [-0.25, -0.2) is 0 Å². The predicted molar refractivity (Wildman–Crippen MR) is 80.6 cm³/mol. The summed E-state index contributed by atoms with van der Waals surface area (Å²) in [6.07, 6.45) is 3.40. The zero-order valence-electron chi connectivity index (χ0n) is 11.3. The van der Waals surface area contributed by atoms with Crippen LogP contribution in [0.5, 0.6) is 5.75 Å². The molecule has 0 aliphatic rings. The summed E-state index contributed by atoms with van der Waals surface area (Å²) in [4.78, 5) is 4.29. The fraction of sp³-hybridized carbons (Fsp3) is 0.267. The molecule has 0 radical (unpaired) electrons. The number of hydrazine groups is 1. The summed E-state index contributed by atoms with van der Waals surface area (Å²) in [6.45, 7) is 0. The molecule has 0 spiro atoms. The van der Waals surface area contributed by atoms with Crippen molar-refractivity contribution in [2.24, 2.45) is 5.84 Å². The zero-order valence-corrected chi connectivity index (χ0v) is 12.1. The van der Waals surface area contributed by atoms with Gasteiger partial charge >= 0.3 is 0 Å². The molecule has 3 N–H and O–H groups in total. The maximum absolute atomic E-state index is 5.84. The molecule has 2 rings (SSSR count). The van der Waals surface area contributed by atoms with Crippen molar-refractivity contribution in [1.29, 1.82) is 0 Å². The van der Waals surface area contributed by atoms with Crippen molar-refractivity contribution in [2.75, 3.05) is 7.11 Å². The molecule has 106 valence electrons. The van der Waals surface area contributed by atoms with E-state index in [9.17, 15) is 0 Å². The number of nitrogens with zero attached hydrogens (tertiary/aromatic N) is 1. The Morgan fingerprint density at radius 1 is 1.25 bits per heavy atom. The molecule has 0 saturated carbocycles. The van der Waals surface area contributed by atoms with Crippen molar-refractivity contribution in [3.05, 3.63) is 58.9 Å². The molecule has 1 aromatic heterocycles. The van der Waals surface area contributed by atoms with E-state index in [0.29, 0.717) is 5.02 Å². The lowest BCUT2D eigenvalue weighted by Crippen LogP contribution is -2.29. The second-order valence-electron chi connectivity index (χ2n) is 4.51. The molecule has 5 heteroatoms. The van der Waals surface area contributed by atoms with Crippen LogP contribution < -0.4 is 16.0 Å². The average molecular weight is 292 g/mol. The smallest absolute Gasteiger partial charge is 0.118 e. The highest BCUT2D eigenvalue weighted by Gasteiger charge is 2.11. The summed E-state index contributed by atoms with van der Waals surface area (Å²) in [7, 11) is 1.66. The minimum atomic E-state index is 0.00867. The van der Waals surface area contributed by atoms with E-state index in [1.54, 1.807) is 13.3 Å². The fourth-order valence-electron chi connectivity index (χ4n) is 2.01. The molecule has 0 aliphatic heterocycles. The van der Waals surface area contributed by atoms with Gasteiger partial charge in [0.05, 0.1) is 23.9 Å². The first kappa shape index (κ1) is 14.8. The molecule has 1 aromatic carbocycles. The van der Waals surface area contributed by atoms with Crippen LogP contribution in [0.1, 0.15) is 23.7 Å². The molecule has 0 saturated heterocycles. The molecule has 4 nitrogen and oxygen atoms in total. The van der Waals surface area contributed by atoms with Gasteiger partial charge in [0.15, 0.2) is 0 Å². The van der Waals surface area contributed by atoms with E-state index in [2.05, 4.69) is 22.5 Å². The van der Waals surface area contributed by atoms with Gasteiger partial charge < -0.3 is 4.74 Å². The first-order chi connectivity index (χ1) is 9.72. The Bertz CT molecular complexity index is 528. The summed E-state index contributed by atoms with van der Waals surface area (Å²) >= 11 is 5.84. The summed E-state index contributed by atoms with van der Waals surface area (Å²) < 4.78 is 5.14. The second-order valence-corrected chi connectivity index (χ2v) is 4.94. The van der Waals surface area contributed by atoms with Gasteiger partial charge in [-0.3, -0.25) is 16.3 Å². The van der Waals surface area contributed by atoms with Crippen molar-refractivity contribution < 1.29 is 4.74 Å². The minimum absolute atomic E-state index is 0.00867. The monoisotopic (exact) mass is 291 g/mol. The van der Waals surface area contributed by atoms with Crippen LogP contribution in [0, 0.1) is 0 Å². The van der Waals surface area contributed by atoms with Gasteiger partial charge in [0, 0.05) is 6.20 Å². The maximum Gasteiger partial charge on any atom is 0.118 e. The van der Waals surface area contributed by atoms with Crippen molar-refractivity contribution >= 4 is 11.6 Å². The van der Waals surface area contributed by atoms with Crippen LogP contribution in [-0.4, -0.2) is 12.1 Å². The van der Waals surface area contributed by atoms with Gasteiger partial charge in [-0.1, -0.05) is 23.7 Å². The third-order valence-corrected chi connectivity index (χ3v) is 3.41. The van der Waals surface area contributed by atoms with Gasteiger partial charge in [-0.05, 0) is 42.7 Å². The number of nitrogens with two attached hydrogens (primary N) is 1. The van der Waals surface area contributed by atoms with E-state index in [1.807, 2.05) is 24.3 Å². The third kappa shape index (κ3) is 3.93. The summed E-state index contributed by atoms with van der Waals surface area (Å²) in [6, 6.07) is 11.8. The third-order valence-electron chi connectivity index (χ3n) is 3.19. The van der Waals surface area contributed by atoms with Crippen LogP contribution >= 0.6 is 11.6 Å². The number of hydrogen-bond acceptors (Lipinski definition) is 4. The Kier molecular flexibility index (Phi) is 5.35. The SMILES string of the molecule is COc1ccc(CCC(NN)c2ccc(Cl)cn2)cc1. The van der Waals surface area contributed by atoms with Gasteiger partial charge in [0.2, 0.25) is 0 Å². The highest BCUT2D eigenvalue weighted by atomic mass is 35.5. The van der Waals surface area contributed by atoms with Crippen LogP contribution in [0.3, 0.4) is 0 Å². The van der Waals surface area contributed by atoms with Crippen LogP contribution in [0.4, 0.5) is 0 Å². The summed E-state index contributed by atoms with van der Waals surface area (Å²) in [5.41, 5.74) is 4.93. The highest BCUT2D eigenvalue weighted by molar-refractivity contribution is 6.30. The molecule has 0 bridgehead atoms. The molecular formula is C15H18ClN3O. The number of pyridine rings is 1. The number of nitrogens with one attached hydrogen (secondary N) is 1. The largest absolute Gasteiger partial charge is 0.497 e. The molecule has 1 unspecified atom stereocenters. The van der Waals surface area contributed by atoms with E-state index in [4.69, 9.17) is 22.2 Å². The van der Waals surface area contributed by atoms with Crippen molar-refractivity contribution in [3.8, 4) is 5.75 Å². The van der Waals surface area contributed by atoms with Crippen LogP contribution in [0.25, 0.3) is 0 Å². The number of methoxy groups -OCH3 is 1. The van der Waals surface area contributed by atoms with Gasteiger partial charge in [0.25, 0.3) is 0 Å². The molecule has 0 aliphatic carbocycles. The molecular weight excluding hydrogens is 274 g/mol. The Labute approximate surface area is 123 Å². The fourth-order valence-corrected chi connectivity index (χ4v) is 2.12. The van der Waals surface area contributed by atoms with E-state index >= 15 is 0 Å². The first-order valence-corrected chi connectivity index (χ1v) is 6.81. The quantitative estimate of drug-likeness (QED) is 0.635. The molecule has 1 heterocycles. The maximum atomic E-state index is 5.84. The highest BCUT2D eigenvalue weighted by Crippen LogP contribution is 2.19. The Balaban J connectivity index is 1.97. The Morgan fingerprint density at radius 3 is 2.55 bits per heavy atom. The topological polar surface area (TPSA) is 60.2 Å². The number of hydrogen-bond donors (Lipinski definition) is 2. The lowest BCUT2D eigenvalue weighted by atomic mass is 10.0. The number of aryl methyl sites for hydroxylation is 1. The van der Waals surface area contributed by atoms with Crippen molar-refractivity contribution in [2.45, 2.75) is 18.9 Å². The lowest BCUT2D eigenvalue weighted by molar-refractivity contribution is 0.414. The van der Waals surface area contributed by atoms with Crippen molar-refractivity contribution in [3.63, 3.8) is 0 Å². The number of aromatic nitrogens is 1. The lowest BCUT2D eigenvalue weighted by Gasteiger charge is -2.15. The standard InChI is InChI=1S/C15H18ClN3O/c1-20-13-6-2-11(3-7-13)4-8-15(19-17)14-9-5-12(16)10-18-14/h2-3,5-7,9-10,15,19H,4,8,17H2,1H3. The molecule has 20 heavy (non-hydrogen) atoms. The van der Waals surface area contributed by atoms with Crippen LogP contribution in [-0.2, 0) is 6.42 Å². The van der Waals surface area contributed by atoms with Gasteiger partial charge in [-0.15, -0.1) is 0 Å². The number of halogens is 1. The first-order valence-electron chi connectivity index (χ1n) is 6.43. The van der Waals surface area contributed by atoms with Crippen LogP contribution in [0.15, 0.2) is 42.6 Å². The average Bonchev–Trinajstić information content (AvgIpc) is 2.50. The normalized spacial score (nSPS) is 12.2. The summed E-state index contributed by atoms with van der Waals surface area (Å²) in [5, 5.41) is 0.625. The number of ether oxygens (including phenoxy) is 1. The van der Waals surface area contributed by atoms with Gasteiger partial charge in [-0.2, -0.15) is 0 Å². The molecule has 1 atom stereocenters. The predicted octanol–water partition coefficient (Wildman–Crippen LogP) is 2.88. The van der Waals surface area contributed by atoms with E-state index in [0.717, 1.165) is 24.3 Å². The number of rotatable bonds is 6. The van der Waals surface area contributed by atoms with Crippen molar-refractivity contribution in [1.82, 2.24) is 10.4 Å². The molecule has 0 amide bonds. The Morgan fingerprint density at radius 2 is 2.00 bits per heavy atom. The Hall–Kier alpha value is -1.62. The zero-order chi connectivity index (χ0) is 14.4. The van der Waals surface area contributed by atoms with Crippen LogP contribution in [0.2, 0.25) is 5.02 Å². The van der Waals surface area contributed by atoms with E-state index in [-0.39, 0.29) is 6.04 Å². The number of benzene rings is 1. The van der Waals surface area contributed by atoms with E-state index < -0.39 is 0 Å². The van der Waals surface area contributed by atoms with Gasteiger partial charge in [0.1, 0.15) is 5.75 Å². The molecule has 2 aromatic rings. The molecule has 0 fully saturated rings. The second kappa shape index (κ2) is 7.24. The van der Waals surface area contributed by atoms with E-state index in [1.165, 1.54) is 5.56 Å². The summed E-state index contributed by atoms with van der Waals surface area (Å²) in [5.74, 6) is 6.47.